The molecule has 0 N–H and O–H groups in total. The van der Waals surface area contributed by atoms with Gasteiger partial charge in [0.2, 0.25) is 0 Å². The fourth-order valence-electron chi connectivity index (χ4n) is 2.86. The van der Waals surface area contributed by atoms with Crippen molar-refractivity contribution in [3.8, 4) is 22.5 Å². The number of hydrogen-bond donors (Lipinski definition) is 0. The van der Waals surface area contributed by atoms with E-state index in [4.69, 9.17) is 21.6 Å². The van der Waals surface area contributed by atoms with Crippen LogP contribution in [0.15, 0.2) is 72.8 Å². The molecule has 0 bridgehead atoms. The van der Waals surface area contributed by atoms with Crippen LogP contribution in [0.1, 0.15) is 5.56 Å². The van der Waals surface area contributed by atoms with Gasteiger partial charge in [0.05, 0.1) is 11.4 Å². The molecular weight excluding hydrogens is 316 g/mol. The van der Waals surface area contributed by atoms with Gasteiger partial charge in [0, 0.05) is 21.5 Å². The molecule has 0 amide bonds. The van der Waals surface area contributed by atoms with Gasteiger partial charge >= 0.3 is 0 Å². The first kappa shape index (κ1) is 14.9. The second-order valence-electron chi connectivity index (χ2n) is 5.74. The van der Waals surface area contributed by atoms with Crippen LogP contribution < -0.4 is 0 Å². The van der Waals surface area contributed by atoms with E-state index in [2.05, 4.69) is 31.2 Å². The van der Waals surface area contributed by atoms with Crippen LogP contribution >= 0.6 is 11.6 Å². The molecule has 0 fully saturated rings. The van der Waals surface area contributed by atoms with Crippen molar-refractivity contribution in [1.29, 1.82) is 0 Å². The lowest BCUT2D eigenvalue weighted by Gasteiger charge is -2.09. The van der Waals surface area contributed by atoms with E-state index >= 15 is 0 Å². The molecule has 3 heteroatoms. The van der Waals surface area contributed by atoms with Gasteiger partial charge in [-0.2, -0.15) is 0 Å². The van der Waals surface area contributed by atoms with E-state index in [-0.39, 0.29) is 0 Å². The van der Waals surface area contributed by atoms with Gasteiger partial charge in [-0.15, -0.1) is 0 Å². The van der Waals surface area contributed by atoms with Gasteiger partial charge in [-0.3, -0.25) is 0 Å². The normalized spacial score (nSPS) is 10.9. The van der Waals surface area contributed by atoms with Crippen molar-refractivity contribution < 1.29 is 0 Å². The number of aromatic nitrogens is 2. The summed E-state index contributed by atoms with van der Waals surface area (Å²) in [6, 6.07) is 24.1. The first-order valence-electron chi connectivity index (χ1n) is 7.81. The summed E-state index contributed by atoms with van der Waals surface area (Å²) in [4.78, 5) is 9.54. The molecule has 0 unspecified atom stereocenters. The maximum absolute atomic E-state index is 6.30. The quantitative estimate of drug-likeness (QED) is 0.455. The van der Waals surface area contributed by atoms with Gasteiger partial charge in [0.1, 0.15) is 0 Å². The largest absolute Gasteiger partial charge is 0.228 e. The Kier molecular flexibility index (Phi) is 3.75. The number of aryl methyl sites for hydroxylation is 1. The topological polar surface area (TPSA) is 25.8 Å². The molecule has 0 atom stereocenters. The number of nitrogens with zero attached hydrogens (tertiary/aromatic N) is 2. The van der Waals surface area contributed by atoms with Crippen molar-refractivity contribution >= 4 is 22.6 Å². The van der Waals surface area contributed by atoms with Crippen molar-refractivity contribution in [2.45, 2.75) is 6.92 Å². The number of pyridine rings is 2. The van der Waals surface area contributed by atoms with E-state index in [1.54, 1.807) is 0 Å². The summed E-state index contributed by atoms with van der Waals surface area (Å²) in [5.74, 6) is 0. The Morgan fingerprint density at radius 3 is 2.33 bits per heavy atom. The molecule has 0 aliphatic heterocycles. The summed E-state index contributed by atoms with van der Waals surface area (Å²) in [6.45, 7) is 2.08. The maximum Gasteiger partial charge on any atom is 0.160 e. The van der Waals surface area contributed by atoms with Gasteiger partial charge in [0.25, 0.3) is 0 Å². The van der Waals surface area contributed by atoms with Crippen molar-refractivity contribution in [1.82, 2.24) is 9.97 Å². The predicted molar refractivity (Wildman–Crippen MR) is 100 cm³/mol. The van der Waals surface area contributed by atoms with Gasteiger partial charge in [0.15, 0.2) is 5.65 Å². The Hall–Kier alpha value is -2.71. The average molecular weight is 331 g/mol. The number of benzene rings is 2. The van der Waals surface area contributed by atoms with Crippen LogP contribution in [0.2, 0.25) is 5.02 Å². The van der Waals surface area contributed by atoms with Gasteiger partial charge < -0.3 is 0 Å². The van der Waals surface area contributed by atoms with Gasteiger partial charge in [-0.05, 0) is 36.8 Å². The zero-order chi connectivity index (χ0) is 16.5. The summed E-state index contributed by atoms with van der Waals surface area (Å²) in [7, 11) is 0. The van der Waals surface area contributed by atoms with Crippen LogP contribution in [-0.4, -0.2) is 9.97 Å². The molecule has 0 radical (unpaired) electrons. The molecule has 4 aromatic rings. The molecule has 2 aromatic heterocycles. The third kappa shape index (κ3) is 2.66. The average Bonchev–Trinajstić information content (AvgIpc) is 2.62. The van der Waals surface area contributed by atoms with Crippen LogP contribution in [-0.2, 0) is 0 Å². The molecule has 116 valence electrons. The Bertz CT molecular complexity index is 1030. The van der Waals surface area contributed by atoms with Crippen molar-refractivity contribution in [2.24, 2.45) is 0 Å². The summed E-state index contributed by atoms with van der Waals surface area (Å²) < 4.78 is 0. The van der Waals surface area contributed by atoms with Crippen molar-refractivity contribution in [2.75, 3.05) is 0 Å². The van der Waals surface area contributed by atoms with Crippen LogP contribution in [0.5, 0.6) is 0 Å². The molecule has 2 aromatic carbocycles. The number of halogens is 1. The van der Waals surface area contributed by atoms with E-state index in [9.17, 15) is 0 Å². The molecule has 24 heavy (non-hydrogen) atoms. The first-order valence-corrected chi connectivity index (χ1v) is 8.19. The minimum atomic E-state index is 0.694. The van der Waals surface area contributed by atoms with Crippen LogP contribution in [0.3, 0.4) is 0 Å². The van der Waals surface area contributed by atoms with Crippen molar-refractivity contribution in [3.05, 3.63) is 83.4 Å². The smallest absolute Gasteiger partial charge is 0.160 e. The van der Waals surface area contributed by atoms with Gasteiger partial charge in [-0.25, -0.2) is 9.97 Å². The fourth-order valence-corrected chi connectivity index (χ4v) is 3.10. The lowest BCUT2D eigenvalue weighted by Crippen LogP contribution is -1.94. The predicted octanol–water partition coefficient (Wildman–Crippen LogP) is 5.93. The van der Waals surface area contributed by atoms with E-state index in [0.717, 1.165) is 39.1 Å². The molecule has 0 aliphatic rings. The Labute approximate surface area is 145 Å². The van der Waals surface area contributed by atoms with Crippen LogP contribution in [0, 0.1) is 6.92 Å². The zero-order valence-electron chi connectivity index (χ0n) is 13.2. The molecule has 0 aliphatic carbocycles. The molecule has 0 saturated carbocycles. The van der Waals surface area contributed by atoms with Crippen molar-refractivity contribution in [3.63, 3.8) is 0 Å². The summed E-state index contributed by atoms with van der Waals surface area (Å²) in [6.07, 6.45) is 0. The third-order valence-electron chi connectivity index (χ3n) is 4.07. The summed E-state index contributed by atoms with van der Waals surface area (Å²) in [5.41, 5.74) is 5.69. The molecule has 4 rings (SSSR count). The Balaban J connectivity index is 1.91. The highest BCUT2D eigenvalue weighted by atomic mass is 35.5. The number of rotatable bonds is 2. The van der Waals surface area contributed by atoms with E-state index in [0.29, 0.717) is 5.02 Å². The van der Waals surface area contributed by atoms with E-state index in [1.165, 1.54) is 0 Å². The molecular formula is C21H15ClN2. The lowest BCUT2D eigenvalue weighted by molar-refractivity contribution is 1.26. The number of hydrogen-bond acceptors (Lipinski definition) is 2. The fraction of sp³-hybridized carbons (Fsp3) is 0.0476. The maximum atomic E-state index is 6.30. The minimum Gasteiger partial charge on any atom is -0.228 e. The lowest BCUT2D eigenvalue weighted by atomic mass is 10.0. The van der Waals surface area contributed by atoms with Crippen LogP contribution in [0.4, 0.5) is 0 Å². The molecule has 0 saturated heterocycles. The Morgan fingerprint density at radius 2 is 1.54 bits per heavy atom. The standard InChI is InChI=1S/C21H15ClN2/c1-14-13-16-11-12-19(17-9-5-6-10-18(17)22)23-21(16)24-20(14)15-7-3-2-4-8-15/h2-13H,1H3. The molecule has 2 nitrogen and oxygen atoms in total. The van der Waals surface area contributed by atoms with Crippen LogP contribution in [0.25, 0.3) is 33.5 Å². The first-order chi connectivity index (χ1) is 11.7. The number of fused-ring (bicyclic) bond motifs is 1. The van der Waals surface area contributed by atoms with E-state index < -0.39 is 0 Å². The summed E-state index contributed by atoms with van der Waals surface area (Å²) >= 11 is 6.30. The second kappa shape index (κ2) is 6.06. The molecule has 2 heterocycles. The second-order valence-corrected chi connectivity index (χ2v) is 6.15. The monoisotopic (exact) mass is 330 g/mol. The Morgan fingerprint density at radius 1 is 0.792 bits per heavy atom. The highest BCUT2D eigenvalue weighted by Crippen LogP contribution is 2.29. The summed E-state index contributed by atoms with van der Waals surface area (Å²) in [5, 5.41) is 1.72. The van der Waals surface area contributed by atoms with Gasteiger partial charge in [-0.1, -0.05) is 60.1 Å². The zero-order valence-corrected chi connectivity index (χ0v) is 14.0. The third-order valence-corrected chi connectivity index (χ3v) is 4.40. The minimum absolute atomic E-state index is 0.694. The highest BCUT2D eigenvalue weighted by molar-refractivity contribution is 6.33. The SMILES string of the molecule is Cc1cc2ccc(-c3ccccc3Cl)nc2nc1-c1ccccc1. The highest BCUT2D eigenvalue weighted by Gasteiger charge is 2.09. The van der Waals surface area contributed by atoms with E-state index in [1.807, 2.05) is 48.5 Å². The molecule has 0 spiro atoms.